The number of pyridine rings is 1. The molecule has 2 aliphatic rings. The Bertz CT molecular complexity index is 1360. The Labute approximate surface area is 202 Å². The number of hydrogen-bond donors (Lipinski definition) is 2. The summed E-state index contributed by atoms with van der Waals surface area (Å²) in [6.45, 7) is 6.42. The van der Waals surface area contributed by atoms with E-state index in [4.69, 9.17) is 16.6 Å². The van der Waals surface area contributed by atoms with Crippen molar-refractivity contribution in [3.63, 3.8) is 0 Å². The van der Waals surface area contributed by atoms with Crippen LogP contribution >= 0.6 is 11.6 Å². The van der Waals surface area contributed by atoms with Crippen LogP contribution in [0.5, 0.6) is 0 Å². The van der Waals surface area contributed by atoms with Crippen LogP contribution in [0.2, 0.25) is 5.02 Å². The van der Waals surface area contributed by atoms with E-state index in [1.807, 2.05) is 13.1 Å². The Hall–Kier alpha value is -3.29. The number of H-pyrrole nitrogens is 1. The van der Waals surface area contributed by atoms with Crippen molar-refractivity contribution in [2.24, 2.45) is 0 Å². The number of carbonyl (C=O) groups excluding carboxylic acids is 1. The maximum absolute atomic E-state index is 13.1. The smallest absolute Gasteiger partial charge is 0.256 e. The molecule has 1 unspecified atom stereocenters. The standard InChI is InChI=1S/C26H25ClN4O3/c1-15(2)17-10-18(13-28-12-17)26(7-8-26)25-29-21-6-9-31(14-20(21)23(33)30-25)24(34)22(32)16-4-3-5-19(27)11-16/h3-5,10-13,22,32H,1,6-9,14H2,2H3,(H,29,30,33). The zero-order chi connectivity index (χ0) is 24.0. The second-order valence-corrected chi connectivity index (χ2v) is 9.57. The molecule has 1 fully saturated rings. The van der Waals surface area contributed by atoms with Gasteiger partial charge < -0.3 is 15.0 Å². The monoisotopic (exact) mass is 476 g/mol. The Morgan fingerprint density at radius 3 is 2.79 bits per heavy atom. The highest BCUT2D eigenvalue weighted by Gasteiger charge is 2.49. The minimum atomic E-state index is -1.34. The highest BCUT2D eigenvalue weighted by atomic mass is 35.5. The summed E-state index contributed by atoms with van der Waals surface area (Å²) in [4.78, 5) is 39.7. The van der Waals surface area contributed by atoms with Crippen molar-refractivity contribution in [2.45, 2.75) is 44.2 Å². The molecule has 5 rings (SSSR count). The van der Waals surface area contributed by atoms with Crippen LogP contribution in [0.3, 0.4) is 0 Å². The average Bonchev–Trinajstić information content (AvgIpc) is 3.65. The van der Waals surface area contributed by atoms with Gasteiger partial charge in [0.1, 0.15) is 5.82 Å². The van der Waals surface area contributed by atoms with Gasteiger partial charge >= 0.3 is 0 Å². The molecule has 0 radical (unpaired) electrons. The van der Waals surface area contributed by atoms with Gasteiger partial charge in [-0.25, -0.2) is 4.98 Å². The molecule has 0 saturated heterocycles. The summed E-state index contributed by atoms with van der Waals surface area (Å²) in [5, 5.41) is 11.0. The summed E-state index contributed by atoms with van der Waals surface area (Å²) < 4.78 is 0. The molecule has 3 aromatic rings. The van der Waals surface area contributed by atoms with Crippen LogP contribution in [0.15, 0.2) is 54.1 Å². The number of halogens is 1. The fraction of sp³-hybridized carbons (Fsp3) is 0.308. The molecule has 2 aromatic heterocycles. The van der Waals surface area contributed by atoms with Crippen LogP contribution in [0.25, 0.3) is 5.57 Å². The number of hydrogen-bond acceptors (Lipinski definition) is 5. The van der Waals surface area contributed by atoms with Gasteiger partial charge in [0, 0.05) is 30.4 Å². The van der Waals surface area contributed by atoms with Gasteiger partial charge in [0.2, 0.25) is 0 Å². The third-order valence-electron chi connectivity index (χ3n) is 6.77. The van der Waals surface area contributed by atoms with E-state index in [2.05, 4.69) is 22.6 Å². The van der Waals surface area contributed by atoms with Crippen LogP contribution in [-0.2, 0) is 23.2 Å². The van der Waals surface area contributed by atoms with E-state index in [0.29, 0.717) is 40.6 Å². The molecule has 1 aliphatic carbocycles. The first kappa shape index (κ1) is 22.5. The molecule has 34 heavy (non-hydrogen) atoms. The minimum Gasteiger partial charge on any atom is -0.378 e. The summed E-state index contributed by atoms with van der Waals surface area (Å²) in [6.07, 6.45) is 4.49. The number of carbonyl (C=O) groups is 1. The van der Waals surface area contributed by atoms with Crippen LogP contribution in [-0.4, -0.2) is 37.4 Å². The summed E-state index contributed by atoms with van der Waals surface area (Å²) in [7, 11) is 0. The van der Waals surface area contributed by atoms with Gasteiger partial charge in [0.25, 0.3) is 11.5 Å². The molecule has 8 heteroatoms. The summed E-state index contributed by atoms with van der Waals surface area (Å²) in [5.74, 6) is 0.188. The Balaban J connectivity index is 1.41. The van der Waals surface area contributed by atoms with Crippen molar-refractivity contribution in [1.29, 1.82) is 0 Å². The van der Waals surface area contributed by atoms with E-state index in [1.165, 1.54) is 4.90 Å². The number of nitrogens with zero attached hydrogens (tertiary/aromatic N) is 3. The maximum atomic E-state index is 13.1. The third kappa shape index (κ3) is 3.95. The Morgan fingerprint density at radius 1 is 1.29 bits per heavy atom. The van der Waals surface area contributed by atoms with E-state index >= 15 is 0 Å². The lowest BCUT2D eigenvalue weighted by atomic mass is 9.93. The number of aliphatic hydroxyl groups excluding tert-OH is 1. The molecule has 7 nitrogen and oxygen atoms in total. The lowest BCUT2D eigenvalue weighted by molar-refractivity contribution is -0.141. The van der Waals surface area contributed by atoms with Crippen LogP contribution in [0, 0.1) is 0 Å². The number of benzene rings is 1. The average molecular weight is 477 g/mol. The molecule has 1 aromatic carbocycles. The van der Waals surface area contributed by atoms with Crippen molar-refractivity contribution in [3.8, 4) is 0 Å². The molecule has 174 valence electrons. The number of rotatable bonds is 5. The first-order valence-electron chi connectivity index (χ1n) is 11.2. The number of nitrogens with one attached hydrogen (secondary N) is 1. The second-order valence-electron chi connectivity index (χ2n) is 9.13. The third-order valence-corrected chi connectivity index (χ3v) is 7.00. The van der Waals surface area contributed by atoms with E-state index in [-0.39, 0.29) is 17.5 Å². The first-order chi connectivity index (χ1) is 16.3. The predicted molar refractivity (Wildman–Crippen MR) is 129 cm³/mol. The molecule has 0 spiro atoms. The van der Waals surface area contributed by atoms with Gasteiger partial charge in [0.15, 0.2) is 6.10 Å². The van der Waals surface area contributed by atoms with Crippen molar-refractivity contribution in [2.75, 3.05) is 6.54 Å². The fourth-order valence-corrected chi connectivity index (χ4v) is 4.75. The topological polar surface area (TPSA) is 99.2 Å². The maximum Gasteiger partial charge on any atom is 0.256 e. The van der Waals surface area contributed by atoms with Crippen molar-refractivity contribution in [3.05, 3.63) is 98.5 Å². The van der Waals surface area contributed by atoms with Crippen molar-refractivity contribution in [1.82, 2.24) is 19.9 Å². The molecule has 1 saturated carbocycles. The summed E-state index contributed by atoms with van der Waals surface area (Å²) in [6, 6.07) is 8.65. The van der Waals surface area contributed by atoms with E-state index < -0.39 is 12.0 Å². The minimum absolute atomic E-state index is 0.105. The number of aromatic amines is 1. The molecular formula is C26H25ClN4O3. The quantitative estimate of drug-likeness (QED) is 0.586. The van der Waals surface area contributed by atoms with Crippen molar-refractivity contribution >= 4 is 23.1 Å². The molecule has 1 amide bonds. The molecule has 2 N–H and O–H groups in total. The van der Waals surface area contributed by atoms with E-state index in [1.54, 1.807) is 30.5 Å². The van der Waals surface area contributed by atoms with E-state index in [0.717, 1.165) is 29.5 Å². The second kappa shape index (κ2) is 8.49. The van der Waals surface area contributed by atoms with Gasteiger partial charge in [-0.1, -0.05) is 30.3 Å². The molecular weight excluding hydrogens is 452 g/mol. The largest absolute Gasteiger partial charge is 0.378 e. The predicted octanol–water partition coefficient (Wildman–Crippen LogP) is 3.55. The van der Waals surface area contributed by atoms with Crippen LogP contribution in [0.4, 0.5) is 0 Å². The highest BCUT2D eigenvalue weighted by molar-refractivity contribution is 6.30. The lowest BCUT2D eigenvalue weighted by Gasteiger charge is -2.30. The fourth-order valence-electron chi connectivity index (χ4n) is 4.55. The summed E-state index contributed by atoms with van der Waals surface area (Å²) in [5.41, 5.74) is 3.92. The number of allylic oxidation sites excluding steroid dienone is 1. The van der Waals surface area contributed by atoms with E-state index in [9.17, 15) is 14.7 Å². The Morgan fingerprint density at radius 2 is 2.09 bits per heavy atom. The molecule has 3 heterocycles. The van der Waals surface area contributed by atoms with Gasteiger partial charge in [-0.05, 0) is 60.2 Å². The molecule has 1 aliphatic heterocycles. The number of aliphatic hydroxyl groups is 1. The number of amides is 1. The summed E-state index contributed by atoms with van der Waals surface area (Å²) >= 11 is 5.99. The van der Waals surface area contributed by atoms with Crippen molar-refractivity contribution < 1.29 is 9.90 Å². The van der Waals surface area contributed by atoms with Crippen LogP contribution in [0.1, 0.15) is 59.6 Å². The highest BCUT2D eigenvalue weighted by Crippen LogP contribution is 2.52. The zero-order valence-electron chi connectivity index (χ0n) is 18.8. The SMILES string of the molecule is C=C(C)c1cncc(C2(c3nc4c(c(=O)[nH]3)CN(C(=O)C(O)c3cccc(Cl)c3)CC4)CC2)c1. The molecule has 0 bridgehead atoms. The number of aromatic nitrogens is 3. The van der Waals surface area contributed by atoms with Gasteiger partial charge in [0.05, 0.1) is 23.2 Å². The van der Waals surface area contributed by atoms with Crippen LogP contribution < -0.4 is 5.56 Å². The Kier molecular flexibility index (Phi) is 5.62. The zero-order valence-corrected chi connectivity index (χ0v) is 19.6. The van der Waals surface area contributed by atoms with Gasteiger partial charge in [-0.2, -0.15) is 0 Å². The lowest BCUT2D eigenvalue weighted by Crippen LogP contribution is -2.42. The van der Waals surface area contributed by atoms with Gasteiger partial charge in [-0.3, -0.25) is 14.6 Å². The number of fused-ring (bicyclic) bond motifs is 1. The van der Waals surface area contributed by atoms with Gasteiger partial charge in [-0.15, -0.1) is 0 Å². The molecule has 1 atom stereocenters. The normalized spacial score (nSPS) is 17.1. The first-order valence-corrected chi connectivity index (χ1v) is 11.6.